The van der Waals surface area contributed by atoms with E-state index in [1.807, 2.05) is 0 Å². The lowest BCUT2D eigenvalue weighted by atomic mass is 9.88. The molecule has 0 aromatic heterocycles. The van der Waals surface area contributed by atoms with Crippen molar-refractivity contribution in [1.29, 1.82) is 0 Å². The maximum Gasteiger partial charge on any atom is 0.00670 e. The first-order valence-electron chi connectivity index (χ1n) is 6.72. The zero-order chi connectivity index (χ0) is 10.7. The van der Waals surface area contributed by atoms with Gasteiger partial charge in [-0.1, -0.05) is 19.8 Å². The Morgan fingerprint density at radius 3 is 2.73 bits per heavy atom. The Morgan fingerprint density at radius 1 is 1.27 bits per heavy atom. The summed E-state index contributed by atoms with van der Waals surface area (Å²) in [6.07, 6.45) is 5.72. The molecule has 0 aromatic carbocycles. The van der Waals surface area contributed by atoms with Crippen molar-refractivity contribution in [2.45, 2.75) is 45.6 Å². The van der Waals surface area contributed by atoms with Crippen LogP contribution in [0.3, 0.4) is 0 Å². The second kappa shape index (κ2) is 5.31. The van der Waals surface area contributed by atoms with Crippen molar-refractivity contribution in [1.82, 2.24) is 10.2 Å². The van der Waals surface area contributed by atoms with E-state index in [1.54, 1.807) is 0 Å². The van der Waals surface area contributed by atoms with Crippen LogP contribution in [0.15, 0.2) is 0 Å². The summed E-state index contributed by atoms with van der Waals surface area (Å²) in [6, 6.07) is 0.822. The van der Waals surface area contributed by atoms with Gasteiger partial charge in [0.05, 0.1) is 0 Å². The molecule has 2 aliphatic rings. The molecule has 2 fully saturated rings. The summed E-state index contributed by atoms with van der Waals surface area (Å²) < 4.78 is 0. The van der Waals surface area contributed by atoms with Crippen molar-refractivity contribution in [3.05, 3.63) is 0 Å². The molecular weight excluding hydrogens is 184 g/mol. The highest BCUT2D eigenvalue weighted by Gasteiger charge is 2.26. The van der Waals surface area contributed by atoms with Gasteiger partial charge in [0, 0.05) is 12.6 Å². The van der Waals surface area contributed by atoms with Gasteiger partial charge in [0.1, 0.15) is 0 Å². The smallest absolute Gasteiger partial charge is 0.00670 e. The molecule has 0 amide bonds. The van der Waals surface area contributed by atoms with Crippen LogP contribution >= 0.6 is 0 Å². The largest absolute Gasteiger partial charge is 0.316 e. The SMILES string of the molecule is CC(CN1CCCCCC1C)C1CNC1. The van der Waals surface area contributed by atoms with Crippen LogP contribution in [0.5, 0.6) is 0 Å². The third kappa shape index (κ3) is 2.94. The number of rotatable bonds is 3. The van der Waals surface area contributed by atoms with Gasteiger partial charge in [-0.25, -0.2) is 0 Å². The Morgan fingerprint density at radius 2 is 2.07 bits per heavy atom. The van der Waals surface area contributed by atoms with Crippen LogP contribution in [0, 0.1) is 11.8 Å². The zero-order valence-corrected chi connectivity index (χ0v) is 10.3. The van der Waals surface area contributed by atoms with E-state index in [4.69, 9.17) is 0 Å². The molecule has 88 valence electrons. The second-order valence-electron chi connectivity index (χ2n) is 5.59. The molecule has 1 N–H and O–H groups in total. The Labute approximate surface area is 94.4 Å². The average Bonchev–Trinajstić information content (AvgIpc) is 2.29. The lowest BCUT2D eigenvalue weighted by Crippen LogP contribution is -2.49. The van der Waals surface area contributed by atoms with Crippen LogP contribution in [0.4, 0.5) is 0 Å². The fourth-order valence-corrected chi connectivity index (χ4v) is 2.84. The molecule has 2 heteroatoms. The van der Waals surface area contributed by atoms with Gasteiger partial charge in [0.25, 0.3) is 0 Å². The van der Waals surface area contributed by atoms with Crippen molar-refractivity contribution in [2.24, 2.45) is 11.8 Å². The summed E-state index contributed by atoms with van der Waals surface area (Å²) in [5, 5.41) is 3.38. The van der Waals surface area contributed by atoms with Gasteiger partial charge >= 0.3 is 0 Å². The molecular formula is C13H26N2. The minimum Gasteiger partial charge on any atom is -0.316 e. The standard InChI is InChI=1S/C13H26N2/c1-11(13-8-14-9-13)10-15-7-5-3-4-6-12(15)2/h11-14H,3-10H2,1-2H3. The van der Waals surface area contributed by atoms with Crippen LogP contribution < -0.4 is 5.32 Å². The molecule has 15 heavy (non-hydrogen) atoms. The summed E-state index contributed by atoms with van der Waals surface area (Å²) in [6.45, 7) is 10.0. The maximum atomic E-state index is 3.38. The Hall–Kier alpha value is -0.0800. The molecule has 0 saturated carbocycles. The molecule has 0 bridgehead atoms. The van der Waals surface area contributed by atoms with E-state index in [2.05, 4.69) is 24.1 Å². The van der Waals surface area contributed by atoms with Crippen LogP contribution in [-0.2, 0) is 0 Å². The fourth-order valence-electron chi connectivity index (χ4n) is 2.84. The molecule has 2 nitrogen and oxygen atoms in total. The minimum atomic E-state index is 0.822. The number of likely N-dealkylation sites (tertiary alicyclic amines) is 1. The molecule has 2 unspecified atom stereocenters. The normalized spacial score (nSPS) is 32.0. The van der Waals surface area contributed by atoms with Gasteiger partial charge in [-0.3, -0.25) is 0 Å². The van der Waals surface area contributed by atoms with Crippen LogP contribution in [-0.4, -0.2) is 37.1 Å². The first-order valence-corrected chi connectivity index (χ1v) is 6.72. The van der Waals surface area contributed by atoms with Crippen molar-refractivity contribution in [3.63, 3.8) is 0 Å². The molecule has 0 aromatic rings. The second-order valence-corrected chi connectivity index (χ2v) is 5.59. The molecule has 0 aliphatic carbocycles. The van der Waals surface area contributed by atoms with Crippen molar-refractivity contribution in [3.8, 4) is 0 Å². The predicted octanol–water partition coefficient (Wildman–Crippen LogP) is 2.11. The zero-order valence-electron chi connectivity index (χ0n) is 10.3. The van der Waals surface area contributed by atoms with E-state index in [1.165, 1.54) is 51.9 Å². The summed E-state index contributed by atoms with van der Waals surface area (Å²) >= 11 is 0. The highest BCUT2D eigenvalue weighted by molar-refractivity contribution is 4.83. The Kier molecular flexibility index (Phi) is 4.04. The van der Waals surface area contributed by atoms with Crippen LogP contribution in [0.25, 0.3) is 0 Å². The van der Waals surface area contributed by atoms with Gasteiger partial charge in [-0.2, -0.15) is 0 Å². The third-order valence-electron chi connectivity index (χ3n) is 4.33. The highest BCUT2D eigenvalue weighted by atomic mass is 15.2. The minimum absolute atomic E-state index is 0.822. The Bertz CT molecular complexity index is 189. The van der Waals surface area contributed by atoms with E-state index >= 15 is 0 Å². The van der Waals surface area contributed by atoms with Gasteiger partial charge in [0.15, 0.2) is 0 Å². The van der Waals surface area contributed by atoms with E-state index in [0.717, 1.165) is 17.9 Å². The van der Waals surface area contributed by atoms with Gasteiger partial charge in [-0.15, -0.1) is 0 Å². The molecule has 2 aliphatic heterocycles. The number of nitrogens with zero attached hydrogens (tertiary/aromatic N) is 1. The van der Waals surface area contributed by atoms with Gasteiger partial charge < -0.3 is 10.2 Å². The number of hydrogen-bond acceptors (Lipinski definition) is 2. The quantitative estimate of drug-likeness (QED) is 0.767. The maximum absolute atomic E-state index is 3.38. The molecule has 0 spiro atoms. The van der Waals surface area contributed by atoms with Crippen molar-refractivity contribution >= 4 is 0 Å². The van der Waals surface area contributed by atoms with Gasteiger partial charge in [0.2, 0.25) is 0 Å². The summed E-state index contributed by atoms with van der Waals surface area (Å²) in [5.41, 5.74) is 0. The molecule has 2 rings (SSSR count). The first-order chi connectivity index (χ1) is 7.27. The molecule has 2 heterocycles. The van der Waals surface area contributed by atoms with E-state index in [-0.39, 0.29) is 0 Å². The summed E-state index contributed by atoms with van der Waals surface area (Å²) in [5.74, 6) is 1.83. The third-order valence-corrected chi connectivity index (χ3v) is 4.33. The van der Waals surface area contributed by atoms with E-state index in [0.29, 0.717) is 0 Å². The fraction of sp³-hybridized carbons (Fsp3) is 1.00. The van der Waals surface area contributed by atoms with Crippen LogP contribution in [0.2, 0.25) is 0 Å². The Balaban J connectivity index is 1.79. The van der Waals surface area contributed by atoms with Crippen LogP contribution in [0.1, 0.15) is 39.5 Å². The first kappa shape index (κ1) is 11.4. The average molecular weight is 210 g/mol. The monoisotopic (exact) mass is 210 g/mol. The number of hydrogen-bond donors (Lipinski definition) is 1. The van der Waals surface area contributed by atoms with Crippen molar-refractivity contribution in [2.75, 3.05) is 26.2 Å². The molecule has 0 radical (unpaired) electrons. The molecule has 2 atom stereocenters. The summed E-state index contributed by atoms with van der Waals surface area (Å²) in [7, 11) is 0. The number of nitrogens with one attached hydrogen (secondary N) is 1. The van der Waals surface area contributed by atoms with E-state index < -0.39 is 0 Å². The van der Waals surface area contributed by atoms with Gasteiger partial charge in [-0.05, 0) is 51.2 Å². The topological polar surface area (TPSA) is 15.3 Å². The van der Waals surface area contributed by atoms with Crippen molar-refractivity contribution < 1.29 is 0 Å². The lowest BCUT2D eigenvalue weighted by Gasteiger charge is -2.37. The summed E-state index contributed by atoms with van der Waals surface area (Å²) in [4.78, 5) is 2.73. The molecule has 2 saturated heterocycles. The lowest BCUT2D eigenvalue weighted by molar-refractivity contribution is 0.137. The highest BCUT2D eigenvalue weighted by Crippen LogP contribution is 2.22. The predicted molar refractivity (Wildman–Crippen MR) is 65.0 cm³/mol. The van der Waals surface area contributed by atoms with E-state index in [9.17, 15) is 0 Å².